The number of ether oxygens (including phenoxy) is 2. The van der Waals surface area contributed by atoms with Gasteiger partial charge in [0.05, 0.1) is 24.8 Å². The Morgan fingerprint density at radius 2 is 1.80 bits per heavy atom. The molecule has 5 nitrogen and oxygen atoms in total. The molecule has 1 N–H and O–H groups in total. The van der Waals surface area contributed by atoms with Crippen LogP contribution in [0, 0.1) is 17.1 Å². The summed E-state index contributed by atoms with van der Waals surface area (Å²) in [6.07, 6.45) is 1.75. The van der Waals surface area contributed by atoms with E-state index in [0.29, 0.717) is 17.9 Å². The van der Waals surface area contributed by atoms with Gasteiger partial charge in [0.2, 0.25) is 0 Å². The fourth-order valence-electron chi connectivity index (χ4n) is 6.41. The number of halogens is 1. The van der Waals surface area contributed by atoms with Crippen LogP contribution in [0.15, 0.2) is 84.9 Å². The summed E-state index contributed by atoms with van der Waals surface area (Å²) >= 11 is 0. The minimum Gasteiger partial charge on any atom is -0.493 e. The monoisotopic (exact) mass is 529 g/mol. The average molecular weight is 530 g/mol. The van der Waals surface area contributed by atoms with Crippen molar-refractivity contribution < 1.29 is 13.9 Å². The summed E-state index contributed by atoms with van der Waals surface area (Å²) in [5, 5.41) is 10.3. The first-order valence-electron chi connectivity index (χ1n) is 13.6. The molecule has 0 bridgehead atoms. The Kier molecular flexibility index (Phi) is 6.02. The van der Waals surface area contributed by atoms with Gasteiger partial charge in [-0.2, -0.15) is 5.26 Å². The van der Waals surface area contributed by atoms with Gasteiger partial charge in [0.25, 0.3) is 0 Å². The number of hydrogen-bond acceptors (Lipinski definition) is 4. The van der Waals surface area contributed by atoms with E-state index < -0.39 is 0 Å². The lowest BCUT2D eigenvalue weighted by Crippen LogP contribution is -2.43. The van der Waals surface area contributed by atoms with E-state index in [1.807, 2.05) is 24.3 Å². The number of nitrogens with zero attached hydrogens (tertiary/aromatic N) is 2. The Bertz CT molecular complexity index is 1750. The van der Waals surface area contributed by atoms with Crippen LogP contribution in [0.25, 0.3) is 10.9 Å². The number of H-pyrrole nitrogens is 1. The van der Waals surface area contributed by atoms with Crippen molar-refractivity contribution in [2.45, 2.75) is 31.5 Å². The third-order valence-electron chi connectivity index (χ3n) is 8.34. The van der Waals surface area contributed by atoms with Crippen LogP contribution in [0.1, 0.15) is 51.2 Å². The van der Waals surface area contributed by atoms with Crippen molar-refractivity contribution >= 4 is 10.9 Å². The third-order valence-corrected chi connectivity index (χ3v) is 8.34. The van der Waals surface area contributed by atoms with Crippen molar-refractivity contribution in [1.29, 1.82) is 5.26 Å². The van der Waals surface area contributed by atoms with Crippen molar-refractivity contribution in [3.8, 4) is 17.6 Å². The third kappa shape index (κ3) is 4.11. The molecular weight excluding hydrogens is 501 g/mol. The number of nitrogens with one attached hydrogen (secondary N) is 1. The SMILES string of the molecule is COc1cc2c(cc1OCc1ccc(C#N)cc1)C1Cc3c([nH]c4ccccc34)C(c3ccc(F)cc3)N1CC2. The van der Waals surface area contributed by atoms with Crippen LogP contribution in [0.5, 0.6) is 11.5 Å². The molecule has 7 rings (SSSR count). The number of hydrogen-bond donors (Lipinski definition) is 1. The highest BCUT2D eigenvalue weighted by Gasteiger charge is 2.41. The van der Waals surface area contributed by atoms with E-state index in [0.717, 1.165) is 41.8 Å². The number of fused-ring (bicyclic) bond motifs is 6. The highest BCUT2D eigenvalue weighted by atomic mass is 19.1. The van der Waals surface area contributed by atoms with Crippen LogP contribution >= 0.6 is 0 Å². The fourth-order valence-corrected chi connectivity index (χ4v) is 6.41. The summed E-state index contributed by atoms with van der Waals surface area (Å²) in [5.41, 5.74) is 8.83. The van der Waals surface area contributed by atoms with Gasteiger partial charge in [0, 0.05) is 29.2 Å². The molecule has 0 saturated heterocycles. The predicted molar refractivity (Wildman–Crippen MR) is 152 cm³/mol. The van der Waals surface area contributed by atoms with Crippen LogP contribution in [-0.4, -0.2) is 23.5 Å². The quantitative estimate of drug-likeness (QED) is 0.266. The maximum atomic E-state index is 13.9. The van der Waals surface area contributed by atoms with Crippen molar-refractivity contribution in [2.75, 3.05) is 13.7 Å². The second-order valence-electron chi connectivity index (χ2n) is 10.5. The molecule has 40 heavy (non-hydrogen) atoms. The highest BCUT2D eigenvalue weighted by molar-refractivity contribution is 5.85. The van der Waals surface area contributed by atoms with E-state index in [-0.39, 0.29) is 17.9 Å². The Morgan fingerprint density at radius 3 is 2.58 bits per heavy atom. The molecule has 2 aliphatic rings. The molecule has 0 saturated carbocycles. The lowest BCUT2D eigenvalue weighted by molar-refractivity contribution is 0.127. The molecule has 0 amide bonds. The maximum Gasteiger partial charge on any atom is 0.162 e. The number of benzene rings is 4. The van der Waals surface area contributed by atoms with E-state index in [1.54, 1.807) is 31.4 Å². The first kappa shape index (κ1) is 24.4. The maximum absolute atomic E-state index is 13.9. The van der Waals surface area contributed by atoms with Crippen molar-refractivity contribution in [3.05, 3.63) is 130 Å². The molecule has 2 unspecified atom stereocenters. The molecule has 198 valence electrons. The number of rotatable bonds is 5. The summed E-state index contributed by atoms with van der Waals surface area (Å²) in [7, 11) is 1.68. The molecule has 0 spiro atoms. The van der Waals surface area contributed by atoms with Crippen LogP contribution in [0.4, 0.5) is 4.39 Å². The first-order chi connectivity index (χ1) is 19.6. The number of methoxy groups -OCH3 is 1. The summed E-state index contributed by atoms with van der Waals surface area (Å²) in [6.45, 7) is 1.25. The van der Waals surface area contributed by atoms with Gasteiger partial charge < -0.3 is 14.5 Å². The zero-order valence-corrected chi connectivity index (χ0v) is 22.2. The fraction of sp³-hybridized carbons (Fsp3) is 0.206. The molecule has 0 aliphatic carbocycles. The van der Waals surface area contributed by atoms with Crippen LogP contribution < -0.4 is 9.47 Å². The smallest absolute Gasteiger partial charge is 0.162 e. The summed E-state index contributed by atoms with van der Waals surface area (Å²) in [6, 6.07) is 29.4. The highest BCUT2D eigenvalue weighted by Crippen LogP contribution is 2.49. The Labute approximate surface area is 232 Å². The molecule has 2 aliphatic heterocycles. The van der Waals surface area contributed by atoms with Gasteiger partial charge in [0.1, 0.15) is 12.4 Å². The second-order valence-corrected chi connectivity index (χ2v) is 10.5. The summed E-state index contributed by atoms with van der Waals surface area (Å²) in [4.78, 5) is 6.26. The molecule has 0 fully saturated rings. The molecular formula is C34H28FN3O2. The van der Waals surface area contributed by atoms with E-state index >= 15 is 0 Å². The zero-order valence-electron chi connectivity index (χ0n) is 22.2. The van der Waals surface area contributed by atoms with Crippen molar-refractivity contribution in [3.63, 3.8) is 0 Å². The van der Waals surface area contributed by atoms with Gasteiger partial charge in [-0.1, -0.05) is 42.5 Å². The minimum absolute atomic E-state index is 0.0139. The van der Waals surface area contributed by atoms with Crippen LogP contribution in [0.3, 0.4) is 0 Å². The molecule has 4 aromatic carbocycles. The van der Waals surface area contributed by atoms with E-state index in [4.69, 9.17) is 14.7 Å². The second kappa shape index (κ2) is 9.86. The molecule has 3 heterocycles. The lowest BCUT2D eigenvalue weighted by Gasteiger charge is -2.46. The Morgan fingerprint density at radius 1 is 1.00 bits per heavy atom. The van der Waals surface area contributed by atoms with Crippen LogP contribution in [-0.2, 0) is 19.4 Å². The predicted octanol–water partition coefficient (Wildman–Crippen LogP) is 7.01. The van der Waals surface area contributed by atoms with Crippen molar-refractivity contribution in [2.24, 2.45) is 0 Å². The molecule has 1 aromatic heterocycles. The van der Waals surface area contributed by atoms with Gasteiger partial charge in [-0.25, -0.2) is 4.39 Å². The Hall–Kier alpha value is -4.60. The van der Waals surface area contributed by atoms with Gasteiger partial charge in [-0.3, -0.25) is 4.90 Å². The average Bonchev–Trinajstić information content (AvgIpc) is 3.37. The van der Waals surface area contributed by atoms with Gasteiger partial charge in [-0.05, 0) is 83.1 Å². The molecule has 0 radical (unpaired) electrons. The number of aromatic amines is 1. The number of para-hydroxylation sites is 1. The molecule has 2 atom stereocenters. The van der Waals surface area contributed by atoms with Crippen LogP contribution in [0.2, 0.25) is 0 Å². The van der Waals surface area contributed by atoms with Gasteiger partial charge in [0.15, 0.2) is 11.5 Å². The van der Waals surface area contributed by atoms with E-state index in [2.05, 4.69) is 52.4 Å². The first-order valence-corrected chi connectivity index (χ1v) is 13.6. The van der Waals surface area contributed by atoms with Gasteiger partial charge in [-0.15, -0.1) is 0 Å². The Balaban J connectivity index is 1.30. The van der Waals surface area contributed by atoms with E-state index in [9.17, 15) is 4.39 Å². The molecule has 6 heteroatoms. The summed E-state index contributed by atoms with van der Waals surface area (Å²) < 4.78 is 26.0. The lowest BCUT2D eigenvalue weighted by atomic mass is 9.80. The number of nitriles is 1. The standard InChI is InChI=1S/C34H28FN3O2/c1-39-31-16-24-14-15-38-30(27(24)18-32(31)40-20-22-8-6-21(19-36)7-9-22)17-28-26-4-2-3-5-29(26)37-33(28)34(38)23-10-12-25(35)13-11-23/h2-13,16,18,30,34,37H,14-15,17,20H2,1H3. The van der Waals surface area contributed by atoms with Gasteiger partial charge >= 0.3 is 0 Å². The summed E-state index contributed by atoms with van der Waals surface area (Å²) in [5.74, 6) is 1.20. The van der Waals surface area contributed by atoms with E-state index in [1.165, 1.54) is 27.8 Å². The zero-order chi connectivity index (χ0) is 27.2. The number of aromatic nitrogens is 1. The molecule has 5 aromatic rings. The van der Waals surface area contributed by atoms with Crippen molar-refractivity contribution in [1.82, 2.24) is 9.88 Å². The topological polar surface area (TPSA) is 61.3 Å². The normalized spacial score (nSPS) is 17.9. The minimum atomic E-state index is -0.229. The largest absolute Gasteiger partial charge is 0.493 e.